The van der Waals surface area contributed by atoms with E-state index in [2.05, 4.69) is 37.8 Å². The molecule has 3 aliphatic rings. The van der Waals surface area contributed by atoms with Gasteiger partial charge in [0.05, 0.1) is 18.8 Å². The number of allylic oxidation sites excluding steroid dienone is 5. The Morgan fingerprint density at radius 3 is 2.63 bits per heavy atom. The summed E-state index contributed by atoms with van der Waals surface area (Å²) in [6.45, 7) is 7.49. The van der Waals surface area contributed by atoms with E-state index in [0.717, 1.165) is 50.5 Å². The average Bonchev–Trinajstić information content (AvgIpc) is 3.79. The van der Waals surface area contributed by atoms with Gasteiger partial charge in [0.15, 0.2) is 5.78 Å². The summed E-state index contributed by atoms with van der Waals surface area (Å²) in [7, 11) is 0. The Morgan fingerprint density at radius 2 is 1.94 bits per heavy atom. The molecule has 0 radical (unpaired) electrons. The molecular weight excluding hydrogens is 630 g/mol. The van der Waals surface area contributed by atoms with Crippen molar-refractivity contribution in [2.45, 2.75) is 31.9 Å². The molecule has 2 aromatic carbocycles. The summed E-state index contributed by atoms with van der Waals surface area (Å²) in [4.78, 5) is 21.6. The van der Waals surface area contributed by atoms with E-state index in [1.165, 1.54) is 29.8 Å². The number of nitrogens with one attached hydrogen (secondary N) is 2. The van der Waals surface area contributed by atoms with Crippen molar-refractivity contribution in [2.24, 2.45) is 5.92 Å². The van der Waals surface area contributed by atoms with Crippen molar-refractivity contribution in [2.75, 3.05) is 50.8 Å². The van der Waals surface area contributed by atoms with E-state index >= 15 is 0 Å². The molecule has 6 rings (SSSR count). The largest absolute Gasteiger partial charge is 0.488 e. The summed E-state index contributed by atoms with van der Waals surface area (Å²) in [5.41, 5.74) is 6.57. The molecule has 13 heteroatoms. The van der Waals surface area contributed by atoms with E-state index < -0.39 is 17.2 Å². The number of carbonyl (C=O) groups is 1. The first-order chi connectivity index (χ1) is 23.8. The zero-order valence-corrected chi connectivity index (χ0v) is 27.5. The first kappa shape index (κ1) is 34.0. The Morgan fingerprint density at radius 1 is 1.12 bits per heavy atom. The number of halogens is 2. The van der Waals surface area contributed by atoms with Gasteiger partial charge in [-0.3, -0.25) is 14.7 Å². The van der Waals surface area contributed by atoms with E-state index in [4.69, 9.17) is 4.74 Å². The second-order valence-corrected chi connectivity index (χ2v) is 12.5. The summed E-state index contributed by atoms with van der Waals surface area (Å²) in [6.07, 6.45) is 15.7. The van der Waals surface area contributed by atoms with Gasteiger partial charge in [-0.2, -0.15) is 5.10 Å². The van der Waals surface area contributed by atoms with Crippen LogP contribution in [0.15, 0.2) is 103 Å². The molecule has 3 heterocycles. The number of β-amino-alcohol motifs (C(OH)–C–C–N with tert-alkyl or cyclic N) is 1. The Balaban J connectivity index is 0.973. The first-order valence-electron chi connectivity index (χ1n) is 16.6. The molecule has 49 heavy (non-hydrogen) atoms. The number of hydrogen-bond donors (Lipinski definition) is 3. The molecule has 258 valence electrons. The molecule has 0 amide bonds. The van der Waals surface area contributed by atoms with Crippen LogP contribution in [0, 0.1) is 17.6 Å². The molecule has 2 aliphatic heterocycles. The Bertz CT molecular complexity index is 1700. The fraction of sp³-hybridized carbons (Fsp3) is 0.361. The van der Waals surface area contributed by atoms with E-state index in [-0.39, 0.29) is 37.0 Å². The van der Waals surface area contributed by atoms with E-state index in [1.54, 1.807) is 17.3 Å². The third-order valence-electron chi connectivity index (χ3n) is 8.84. The fourth-order valence-corrected chi connectivity index (χ4v) is 6.22. The second kappa shape index (κ2) is 15.6. The number of hydrogen-bond acceptors (Lipinski definition) is 10. The molecule has 11 nitrogen and oxygen atoms in total. The van der Waals surface area contributed by atoms with Crippen LogP contribution < -0.4 is 15.9 Å². The molecule has 3 N–H and O–H groups in total. The lowest BCUT2D eigenvalue weighted by molar-refractivity contribution is -0.0209. The molecule has 0 saturated carbocycles. The van der Waals surface area contributed by atoms with Crippen LogP contribution in [-0.4, -0.2) is 81.4 Å². The summed E-state index contributed by atoms with van der Waals surface area (Å²) in [5, 5.41) is 17.2. The standard InChI is InChI=1S/C36H42F2N8O3/c1-2-15-43-16-18-44(19-17-43)31-9-6-28(7-10-31)35(47)14-5-27-3-11-32(12-4-27)49-22-30-21-45(42-41-30)23-36(48,24-46-26-39-25-40-46)33-13-8-29(37)20-34(33)38/h3,5-14,20-21,25-27,41-42,48H,2,4,15-19,22-24H2,1H3/b14-5+. The Kier molecular flexibility index (Phi) is 10.8. The van der Waals surface area contributed by atoms with E-state index in [1.807, 2.05) is 48.6 Å². The van der Waals surface area contributed by atoms with Crippen LogP contribution in [0.25, 0.3) is 0 Å². The van der Waals surface area contributed by atoms with Gasteiger partial charge in [0.25, 0.3) is 0 Å². The monoisotopic (exact) mass is 672 g/mol. The SMILES string of the molecule is CCCN1CCN(c2ccc(C(=O)/C=C/C3C=CC(OCC4=CN(CC(O)(Cn5cncn5)c5ccc(F)cc5F)NN4)=CC3)cc2)CC1. The normalized spacial score (nSPS) is 19.5. The zero-order valence-electron chi connectivity index (χ0n) is 27.5. The number of benzene rings is 2. The van der Waals surface area contributed by atoms with Crippen LogP contribution in [0.4, 0.5) is 14.5 Å². The number of piperazine rings is 1. The van der Waals surface area contributed by atoms with Crippen molar-refractivity contribution < 1.29 is 23.4 Å². The van der Waals surface area contributed by atoms with Crippen molar-refractivity contribution in [3.8, 4) is 0 Å². The molecule has 2 atom stereocenters. The minimum Gasteiger partial charge on any atom is -0.488 e. The molecule has 0 bridgehead atoms. The molecule has 1 saturated heterocycles. The van der Waals surface area contributed by atoms with Gasteiger partial charge in [-0.1, -0.05) is 25.1 Å². The van der Waals surface area contributed by atoms with Gasteiger partial charge in [0.1, 0.15) is 42.3 Å². The highest BCUT2D eigenvalue weighted by atomic mass is 19.1. The summed E-state index contributed by atoms with van der Waals surface area (Å²) >= 11 is 0. The van der Waals surface area contributed by atoms with Gasteiger partial charge in [-0.05, 0) is 73.9 Å². The lowest BCUT2D eigenvalue weighted by Crippen LogP contribution is -2.48. The molecule has 1 aliphatic carbocycles. The third-order valence-corrected chi connectivity index (χ3v) is 8.84. The fourth-order valence-electron chi connectivity index (χ4n) is 6.22. The minimum atomic E-state index is -1.78. The highest BCUT2D eigenvalue weighted by Gasteiger charge is 2.36. The van der Waals surface area contributed by atoms with Crippen LogP contribution in [0.1, 0.15) is 35.7 Å². The van der Waals surface area contributed by atoms with Gasteiger partial charge >= 0.3 is 0 Å². The van der Waals surface area contributed by atoms with Gasteiger partial charge in [-0.15, -0.1) is 5.53 Å². The summed E-state index contributed by atoms with van der Waals surface area (Å²) in [6, 6.07) is 11.0. The number of aliphatic hydroxyl groups is 1. The molecule has 0 spiro atoms. The lowest BCUT2D eigenvalue weighted by atomic mass is 9.92. The number of hydrazine groups is 2. The van der Waals surface area contributed by atoms with Crippen LogP contribution in [0.2, 0.25) is 0 Å². The lowest BCUT2D eigenvalue weighted by Gasteiger charge is -2.36. The predicted octanol–water partition coefficient (Wildman–Crippen LogP) is 4.06. The number of aromatic nitrogens is 3. The minimum absolute atomic E-state index is 0.0228. The number of nitrogens with zero attached hydrogens (tertiary/aromatic N) is 6. The van der Waals surface area contributed by atoms with Crippen molar-refractivity contribution in [1.29, 1.82) is 0 Å². The van der Waals surface area contributed by atoms with Crippen LogP contribution in [0.3, 0.4) is 0 Å². The van der Waals surface area contributed by atoms with Gasteiger partial charge in [0, 0.05) is 55.3 Å². The maximum Gasteiger partial charge on any atom is 0.185 e. The smallest absolute Gasteiger partial charge is 0.185 e. The molecular formula is C36H42F2N8O3. The molecule has 2 unspecified atom stereocenters. The zero-order chi connectivity index (χ0) is 34.2. The number of ether oxygens (including phenoxy) is 1. The summed E-state index contributed by atoms with van der Waals surface area (Å²) < 4.78 is 35.7. The van der Waals surface area contributed by atoms with Gasteiger partial charge in [-0.25, -0.2) is 18.4 Å². The maximum absolute atomic E-state index is 14.8. The van der Waals surface area contributed by atoms with Crippen molar-refractivity contribution in [3.63, 3.8) is 0 Å². The highest BCUT2D eigenvalue weighted by molar-refractivity contribution is 6.04. The maximum atomic E-state index is 14.8. The van der Waals surface area contributed by atoms with Crippen LogP contribution in [-0.2, 0) is 16.9 Å². The Labute approximate surface area is 284 Å². The van der Waals surface area contributed by atoms with E-state index in [0.29, 0.717) is 23.4 Å². The van der Waals surface area contributed by atoms with Crippen LogP contribution in [0.5, 0.6) is 0 Å². The topological polar surface area (TPSA) is 111 Å². The number of ketones is 1. The van der Waals surface area contributed by atoms with Gasteiger partial charge < -0.3 is 20.2 Å². The highest BCUT2D eigenvalue weighted by Crippen LogP contribution is 2.28. The predicted molar refractivity (Wildman–Crippen MR) is 181 cm³/mol. The Hall–Kier alpha value is -4.85. The second-order valence-electron chi connectivity index (χ2n) is 12.5. The average molecular weight is 673 g/mol. The third kappa shape index (κ3) is 8.79. The van der Waals surface area contributed by atoms with Crippen LogP contribution >= 0.6 is 0 Å². The number of rotatable bonds is 14. The first-order valence-corrected chi connectivity index (χ1v) is 16.6. The molecule has 1 fully saturated rings. The quantitative estimate of drug-likeness (QED) is 0.171. The number of carbonyl (C=O) groups excluding carboxylic acids is 1. The van der Waals surface area contributed by atoms with Crippen molar-refractivity contribution >= 4 is 11.5 Å². The van der Waals surface area contributed by atoms with Crippen molar-refractivity contribution in [1.82, 2.24) is 35.6 Å². The molecule has 3 aromatic rings. The van der Waals surface area contributed by atoms with Crippen molar-refractivity contribution in [3.05, 3.63) is 126 Å². The summed E-state index contributed by atoms with van der Waals surface area (Å²) in [5.74, 6) is -0.855. The number of anilines is 1. The van der Waals surface area contributed by atoms with Gasteiger partial charge in [0.2, 0.25) is 0 Å². The molecule has 1 aromatic heterocycles. The van der Waals surface area contributed by atoms with E-state index in [9.17, 15) is 18.7 Å².